The molecule has 0 radical (unpaired) electrons. The highest BCUT2D eigenvalue weighted by Crippen LogP contribution is 2.30. The first-order valence-electron chi connectivity index (χ1n) is 8.42. The SMILES string of the molecule is COc1ccccc1-n1c(N2CCNCC2)nc2c1c(=O)[nH]c(=O)n2C. The molecule has 1 aromatic carbocycles. The zero-order valence-electron chi connectivity index (χ0n) is 14.7. The molecule has 0 unspecified atom stereocenters. The molecular formula is C17H20N6O3. The first kappa shape index (κ1) is 16.4. The molecule has 1 aliphatic rings. The molecule has 0 bridgehead atoms. The van der Waals surface area contributed by atoms with Crippen molar-refractivity contribution in [3.8, 4) is 11.4 Å². The summed E-state index contributed by atoms with van der Waals surface area (Å²) in [4.78, 5) is 33.8. The predicted molar refractivity (Wildman–Crippen MR) is 98.6 cm³/mol. The van der Waals surface area contributed by atoms with Gasteiger partial charge in [-0.05, 0) is 12.1 Å². The van der Waals surface area contributed by atoms with Crippen molar-refractivity contribution in [3.05, 3.63) is 45.1 Å². The lowest BCUT2D eigenvalue weighted by molar-refractivity contribution is 0.413. The normalized spacial score (nSPS) is 14.8. The molecule has 0 saturated carbocycles. The molecule has 1 aliphatic heterocycles. The fourth-order valence-corrected chi connectivity index (χ4v) is 3.29. The number of aromatic nitrogens is 4. The first-order valence-corrected chi connectivity index (χ1v) is 8.42. The highest BCUT2D eigenvalue weighted by Gasteiger charge is 2.25. The molecule has 9 nitrogen and oxygen atoms in total. The highest BCUT2D eigenvalue weighted by molar-refractivity contribution is 5.78. The van der Waals surface area contributed by atoms with Gasteiger partial charge in [-0.25, -0.2) is 4.79 Å². The van der Waals surface area contributed by atoms with Gasteiger partial charge in [0.05, 0.1) is 12.8 Å². The van der Waals surface area contributed by atoms with Gasteiger partial charge in [0.15, 0.2) is 11.2 Å². The van der Waals surface area contributed by atoms with E-state index in [4.69, 9.17) is 4.74 Å². The Morgan fingerprint density at radius 3 is 2.62 bits per heavy atom. The van der Waals surface area contributed by atoms with E-state index in [1.807, 2.05) is 24.3 Å². The molecule has 26 heavy (non-hydrogen) atoms. The van der Waals surface area contributed by atoms with Crippen molar-refractivity contribution in [2.75, 3.05) is 38.2 Å². The number of anilines is 1. The zero-order valence-corrected chi connectivity index (χ0v) is 14.7. The maximum atomic E-state index is 12.6. The number of benzene rings is 1. The number of H-pyrrole nitrogens is 1. The number of aromatic amines is 1. The summed E-state index contributed by atoms with van der Waals surface area (Å²) in [6, 6.07) is 7.45. The van der Waals surface area contributed by atoms with Crippen LogP contribution in [0.25, 0.3) is 16.9 Å². The maximum absolute atomic E-state index is 12.6. The van der Waals surface area contributed by atoms with Crippen LogP contribution in [0, 0.1) is 0 Å². The van der Waals surface area contributed by atoms with Gasteiger partial charge in [-0.2, -0.15) is 4.98 Å². The van der Waals surface area contributed by atoms with E-state index in [1.54, 1.807) is 18.7 Å². The van der Waals surface area contributed by atoms with E-state index in [0.717, 1.165) is 26.2 Å². The van der Waals surface area contributed by atoms with Crippen molar-refractivity contribution in [1.82, 2.24) is 24.4 Å². The first-order chi connectivity index (χ1) is 12.6. The second-order valence-electron chi connectivity index (χ2n) is 6.15. The van der Waals surface area contributed by atoms with Crippen LogP contribution in [0.15, 0.2) is 33.9 Å². The van der Waals surface area contributed by atoms with Crippen molar-refractivity contribution in [2.45, 2.75) is 0 Å². The van der Waals surface area contributed by atoms with E-state index < -0.39 is 11.2 Å². The number of hydrogen-bond acceptors (Lipinski definition) is 6. The van der Waals surface area contributed by atoms with Crippen LogP contribution in [0.3, 0.4) is 0 Å². The standard InChI is InChI=1S/C17H20N6O3/c1-21-14-13(15(24)20-17(21)25)23(11-5-3-4-6-12(11)26-2)16(19-14)22-9-7-18-8-10-22/h3-6,18H,7-10H2,1-2H3,(H,20,24,25). The van der Waals surface area contributed by atoms with Gasteiger partial charge in [-0.3, -0.25) is 18.9 Å². The van der Waals surface area contributed by atoms with Crippen LogP contribution in [-0.2, 0) is 7.05 Å². The molecule has 0 atom stereocenters. The second kappa shape index (κ2) is 6.34. The zero-order chi connectivity index (χ0) is 18.3. The van der Waals surface area contributed by atoms with Crippen molar-refractivity contribution in [2.24, 2.45) is 7.05 Å². The molecule has 136 valence electrons. The fourth-order valence-electron chi connectivity index (χ4n) is 3.29. The number of fused-ring (bicyclic) bond motifs is 1. The third-order valence-corrected chi connectivity index (χ3v) is 4.63. The minimum atomic E-state index is -0.487. The summed E-state index contributed by atoms with van der Waals surface area (Å²) in [5.41, 5.74) is 0.417. The lowest BCUT2D eigenvalue weighted by atomic mass is 10.3. The molecule has 0 spiro atoms. The average Bonchev–Trinajstić information content (AvgIpc) is 3.08. The quantitative estimate of drug-likeness (QED) is 0.676. The van der Waals surface area contributed by atoms with Gasteiger partial charge in [-0.1, -0.05) is 12.1 Å². The number of hydrogen-bond donors (Lipinski definition) is 2. The molecule has 1 fully saturated rings. The third kappa shape index (κ3) is 2.48. The van der Waals surface area contributed by atoms with E-state index in [9.17, 15) is 9.59 Å². The van der Waals surface area contributed by atoms with Gasteiger partial charge in [0.1, 0.15) is 5.75 Å². The van der Waals surface area contributed by atoms with Crippen LogP contribution in [0.5, 0.6) is 5.75 Å². The number of piperazine rings is 1. The Labute approximate surface area is 148 Å². The molecule has 0 amide bonds. The minimum absolute atomic E-state index is 0.324. The van der Waals surface area contributed by atoms with Crippen LogP contribution in [0.1, 0.15) is 0 Å². The summed E-state index contributed by atoms with van der Waals surface area (Å²) in [6.45, 7) is 3.16. The smallest absolute Gasteiger partial charge is 0.329 e. The summed E-state index contributed by atoms with van der Waals surface area (Å²) in [5, 5.41) is 3.31. The van der Waals surface area contributed by atoms with Gasteiger partial charge < -0.3 is 15.0 Å². The largest absolute Gasteiger partial charge is 0.495 e. The summed E-state index contributed by atoms with van der Waals surface area (Å²) >= 11 is 0. The lowest BCUT2D eigenvalue weighted by Crippen LogP contribution is -2.44. The van der Waals surface area contributed by atoms with Crippen molar-refractivity contribution >= 4 is 17.1 Å². The van der Waals surface area contributed by atoms with Crippen LogP contribution in [0.2, 0.25) is 0 Å². The topological polar surface area (TPSA) is 97.2 Å². The Kier molecular flexibility index (Phi) is 4.00. The van der Waals surface area contributed by atoms with E-state index >= 15 is 0 Å². The van der Waals surface area contributed by atoms with Gasteiger partial charge in [0, 0.05) is 33.2 Å². The summed E-state index contributed by atoms with van der Waals surface area (Å²) < 4.78 is 8.63. The number of nitrogens with one attached hydrogen (secondary N) is 2. The lowest BCUT2D eigenvalue weighted by Gasteiger charge is -2.29. The Balaban J connectivity index is 2.10. The monoisotopic (exact) mass is 356 g/mol. The van der Waals surface area contributed by atoms with Crippen molar-refractivity contribution in [1.29, 1.82) is 0 Å². The molecule has 1 saturated heterocycles. The Morgan fingerprint density at radius 1 is 1.15 bits per heavy atom. The fraction of sp³-hybridized carbons (Fsp3) is 0.353. The van der Waals surface area contributed by atoms with E-state index in [2.05, 4.69) is 20.2 Å². The summed E-state index contributed by atoms with van der Waals surface area (Å²) in [7, 11) is 3.18. The van der Waals surface area contributed by atoms with Gasteiger partial charge in [0.2, 0.25) is 5.95 Å². The van der Waals surface area contributed by atoms with Crippen molar-refractivity contribution in [3.63, 3.8) is 0 Å². The number of para-hydroxylation sites is 2. The van der Waals surface area contributed by atoms with Crippen LogP contribution >= 0.6 is 0 Å². The molecule has 2 N–H and O–H groups in total. The molecule has 3 heterocycles. The summed E-state index contributed by atoms with van der Waals surface area (Å²) in [5.74, 6) is 1.24. The number of rotatable bonds is 3. The number of methoxy groups -OCH3 is 1. The Bertz CT molecular complexity index is 1070. The Morgan fingerprint density at radius 2 is 1.88 bits per heavy atom. The van der Waals surface area contributed by atoms with Crippen LogP contribution in [0.4, 0.5) is 5.95 Å². The minimum Gasteiger partial charge on any atom is -0.495 e. The second-order valence-corrected chi connectivity index (χ2v) is 6.15. The molecule has 4 rings (SSSR count). The third-order valence-electron chi connectivity index (χ3n) is 4.63. The average molecular weight is 356 g/mol. The highest BCUT2D eigenvalue weighted by atomic mass is 16.5. The number of nitrogens with zero attached hydrogens (tertiary/aromatic N) is 4. The van der Waals surface area contributed by atoms with Crippen LogP contribution < -0.4 is 26.2 Å². The maximum Gasteiger partial charge on any atom is 0.329 e. The molecular weight excluding hydrogens is 336 g/mol. The predicted octanol–water partition coefficient (Wildman–Crippen LogP) is -0.169. The Hall–Kier alpha value is -3.07. The number of aryl methyl sites for hydroxylation is 1. The van der Waals surface area contributed by atoms with Gasteiger partial charge in [-0.15, -0.1) is 0 Å². The van der Waals surface area contributed by atoms with Crippen molar-refractivity contribution < 1.29 is 4.74 Å². The summed E-state index contributed by atoms with van der Waals surface area (Å²) in [6.07, 6.45) is 0. The van der Waals surface area contributed by atoms with Gasteiger partial charge in [0.25, 0.3) is 5.56 Å². The molecule has 3 aromatic rings. The molecule has 2 aromatic heterocycles. The molecule has 9 heteroatoms. The molecule has 0 aliphatic carbocycles. The van der Waals surface area contributed by atoms with E-state index in [-0.39, 0.29) is 0 Å². The van der Waals surface area contributed by atoms with E-state index in [0.29, 0.717) is 28.5 Å². The van der Waals surface area contributed by atoms with Gasteiger partial charge >= 0.3 is 5.69 Å². The number of ether oxygens (including phenoxy) is 1. The number of imidazole rings is 1. The van der Waals surface area contributed by atoms with E-state index in [1.165, 1.54) is 4.57 Å². The van der Waals surface area contributed by atoms with Crippen LogP contribution in [-0.4, -0.2) is 52.4 Å².